The van der Waals surface area contributed by atoms with Crippen molar-refractivity contribution in [2.24, 2.45) is 11.0 Å². The van der Waals surface area contributed by atoms with Gasteiger partial charge in [-0.2, -0.15) is 5.10 Å². The minimum Gasteiger partial charge on any atom is -0.497 e. The van der Waals surface area contributed by atoms with Gasteiger partial charge >= 0.3 is 0 Å². The summed E-state index contributed by atoms with van der Waals surface area (Å²) in [6.45, 7) is 0.810. The fourth-order valence-corrected chi connectivity index (χ4v) is 4.43. The lowest BCUT2D eigenvalue weighted by atomic mass is 10.0. The molecule has 0 saturated heterocycles. The number of ether oxygens (including phenoxy) is 2. The van der Waals surface area contributed by atoms with Crippen LogP contribution in [0.15, 0.2) is 46.9 Å². The monoisotopic (exact) mass is 441 g/mol. The highest BCUT2D eigenvalue weighted by atomic mass is 32.1. The summed E-state index contributed by atoms with van der Waals surface area (Å²) in [5, 5.41) is 8.25. The number of hydrogen-bond donors (Lipinski definition) is 0. The Morgan fingerprint density at radius 3 is 2.58 bits per heavy atom. The molecular formula is C23H27N3O4S. The number of benzene rings is 1. The van der Waals surface area contributed by atoms with Gasteiger partial charge in [0, 0.05) is 26.0 Å². The van der Waals surface area contributed by atoms with Crippen LogP contribution in [0.1, 0.15) is 35.7 Å². The Balaban J connectivity index is 1.57. The first-order valence-electron chi connectivity index (χ1n) is 10.5. The van der Waals surface area contributed by atoms with E-state index in [-0.39, 0.29) is 30.3 Å². The summed E-state index contributed by atoms with van der Waals surface area (Å²) >= 11 is 1.61. The Morgan fingerprint density at radius 2 is 1.97 bits per heavy atom. The zero-order valence-corrected chi connectivity index (χ0v) is 18.6. The Labute approximate surface area is 186 Å². The highest BCUT2D eigenvalue weighted by molar-refractivity contribution is 7.12. The van der Waals surface area contributed by atoms with Crippen LogP contribution in [0.25, 0.3) is 0 Å². The molecular weight excluding hydrogens is 414 g/mol. The van der Waals surface area contributed by atoms with Crippen molar-refractivity contribution >= 4 is 28.9 Å². The third-order valence-electron chi connectivity index (χ3n) is 5.60. The maximum Gasteiger partial charge on any atom is 0.262 e. The predicted octanol–water partition coefficient (Wildman–Crippen LogP) is 3.32. The molecule has 1 aromatic carbocycles. The molecule has 4 rings (SSSR count). The van der Waals surface area contributed by atoms with E-state index in [0.29, 0.717) is 19.6 Å². The smallest absolute Gasteiger partial charge is 0.262 e. The number of carbonyl (C=O) groups is 2. The van der Waals surface area contributed by atoms with Crippen molar-refractivity contribution in [1.82, 2.24) is 9.91 Å². The molecule has 0 bridgehead atoms. The summed E-state index contributed by atoms with van der Waals surface area (Å²) < 4.78 is 10.4. The SMILES string of the molecule is COCCN(CC(=O)N1N=C(c2cccs2)C[C@@H]1c1ccc(OC)cc1)C(=O)C1CC1. The zero-order chi connectivity index (χ0) is 21.8. The van der Waals surface area contributed by atoms with E-state index in [9.17, 15) is 9.59 Å². The lowest BCUT2D eigenvalue weighted by Gasteiger charge is -2.27. The molecule has 164 valence electrons. The highest BCUT2D eigenvalue weighted by Crippen LogP contribution is 2.35. The van der Waals surface area contributed by atoms with E-state index in [1.807, 2.05) is 41.8 Å². The molecule has 7 nitrogen and oxygen atoms in total. The summed E-state index contributed by atoms with van der Waals surface area (Å²) in [4.78, 5) is 28.7. The van der Waals surface area contributed by atoms with E-state index in [4.69, 9.17) is 14.6 Å². The molecule has 1 fully saturated rings. The van der Waals surface area contributed by atoms with Crippen LogP contribution in [0.4, 0.5) is 0 Å². The second-order valence-corrected chi connectivity index (χ2v) is 8.73. The minimum atomic E-state index is -0.212. The Kier molecular flexibility index (Phi) is 6.67. The van der Waals surface area contributed by atoms with E-state index < -0.39 is 0 Å². The first kappa shape index (κ1) is 21.5. The van der Waals surface area contributed by atoms with Gasteiger partial charge < -0.3 is 14.4 Å². The van der Waals surface area contributed by atoms with E-state index >= 15 is 0 Å². The molecule has 0 spiro atoms. The van der Waals surface area contributed by atoms with Gasteiger partial charge in [0.05, 0.1) is 30.3 Å². The van der Waals surface area contributed by atoms with Gasteiger partial charge in [-0.05, 0) is 42.0 Å². The quantitative estimate of drug-likeness (QED) is 0.599. The molecule has 2 heterocycles. The van der Waals surface area contributed by atoms with Crippen LogP contribution in [-0.4, -0.2) is 61.4 Å². The van der Waals surface area contributed by atoms with Crippen molar-refractivity contribution in [2.75, 3.05) is 33.9 Å². The molecule has 2 aromatic rings. The second kappa shape index (κ2) is 9.62. The average molecular weight is 442 g/mol. The van der Waals surface area contributed by atoms with Crippen molar-refractivity contribution in [2.45, 2.75) is 25.3 Å². The molecule has 1 aliphatic carbocycles. The van der Waals surface area contributed by atoms with Gasteiger partial charge in [0.2, 0.25) is 5.91 Å². The molecule has 1 aromatic heterocycles. The fourth-order valence-electron chi connectivity index (χ4n) is 3.71. The van der Waals surface area contributed by atoms with E-state index in [1.165, 1.54) is 0 Å². The van der Waals surface area contributed by atoms with Crippen LogP contribution in [0, 0.1) is 5.92 Å². The van der Waals surface area contributed by atoms with Gasteiger partial charge in [-0.15, -0.1) is 11.3 Å². The maximum atomic E-state index is 13.4. The molecule has 2 aliphatic rings. The van der Waals surface area contributed by atoms with Gasteiger partial charge in [0.25, 0.3) is 5.91 Å². The van der Waals surface area contributed by atoms with Crippen molar-refractivity contribution in [3.05, 3.63) is 52.2 Å². The molecule has 0 N–H and O–H groups in total. The molecule has 2 amide bonds. The van der Waals surface area contributed by atoms with Crippen molar-refractivity contribution in [3.63, 3.8) is 0 Å². The summed E-state index contributed by atoms with van der Waals surface area (Å²) in [7, 11) is 3.23. The number of amides is 2. The molecule has 1 aliphatic heterocycles. The topological polar surface area (TPSA) is 71.4 Å². The molecule has 0 radical (unpaired) electrons. The van der Waals surface area contributed by atoms with Gasteiger partial charge in [-0.25, -0.2) is 5.01 Å². The number of thiophene rings is 1. The lowest BCUT2D eigenvalue weighted by Crippen LogP contribution is -2.43. The molecule has 1 saturated carbocycles. The third-order valence-corrected chi connectivity index (χ3v) is 6.52. The predicted molar refractivity (Wildman–Crippen MR) is 119 cm³/mol. The van der Waals surface area contributed by atoms with Crippen LogP contribution in [0.3, 0.4) is 0 Å². The maximum absolute atomic E-state index is 13.4. The number of nitrogens with zero attached hydrogens (tertiary/aromatic N) is 3. The first-order valence-corrected chi connectivity index (χ1v) is 11.3. The highest BCUT2D eigenvalue weighted by Gasteiger charge is 2.37. The molecule has 1 atom stereocenters. The standard InChI is InChI=1S/C23H27N3O4S/c1-29-12-11-25(23(28)17-5-6-17)15-22(27)26-20(16-7-9-18(30-2)10-8-16)14-19(24-26)21-4-3-13-31-21/h3-4,7-10,13,17,20H,5-6,11-12,14-15H2,1-2H3/t20-/m1/s1. The summed E-state index contributed by atoms with van der Waals surface area (Å²) in [5.41, 5.74) is 1.88. The van der Waals surface area contributed by atoms with Gasteiger partial charge in [-0.3, -0.25) is 9.59 Å². The van der Waals surface area contributed by atoms with Crippen molar-refractivity contribution < 1.29 is 19.1 Å². The molecule has 0 unspecified atom stereocenters. The van der Waals surface area contributed by atoms with Gasteiger partial charge in [-0.1, -0.05) is 18.2 Å². The summed E-state index contributed by atoms with van der Waals surface area (Å²) in [5.74, 6) is 0.663. The van der Waals surface area contributed by atoms with Crippen molar-refractivity contribution in [3.8, 4) is 5.75 Å². The van der Waals surface area contributed by atoms with E-state index in [2.05, 4.69) is 0 Å². The molecule has 8 heteroatoms. The van der Waals surface area contributed by atoms with Crippen LogP contribution >= 0.6 is 11.3 Å². The fraction of sp³-hybridized carbons (Fsp3) is 0.435. The Bertz CT molecular complexity index is 938. The number of hydrazone groups is 1. The number of carbonyl (C=O) groups excluding carboxylic acids is 2. The van der Waals surface area contributed by atoms with Crippen LogP contribution < -0.4 is 4.74 Å². The minimum absolute atomic E-state index is 0.00652. The molecule has 31 heavy (non-hydrogen) atoms. The normalized spacial score (nSPS) is 18.1. The first-order chi connectivity index (χ1) is 15.1. The third kappa shape index (κ3) is 4.97. The van der Waals surface area contributed by atoms with E-state index in [0.717, 1.165) is 34.7 Å². The number of methoxy groups -OCH3 is 2. The Hall–Kier alpha value is -2.71. The lowest BCUT2D eigenvalue weighted by molar-refractivity contribution is -0.142. The van der Waals surface area contributed by atoms with Crippen LogP contribution in [-0.2, 0) is 14.3 Å². The van der Waals surface area contributed by atoms with E-state index in [1.54, 1.807) is 35.5 Å². The summed E-state index contributed by atoms with van der Waals surface area (Å²) in [6, 6.07) is 11.5. The largest absolute Gasteiger partial charge is 0.497 e. The number of rotatable bonds is 9. The number of hydrogen-bond acceptors (Lipinski definition) is 6. The van der Waals surface area contributed by atoms with Crippen molar-refractivity contribution in [1.29, 1.82) is 0 Å². The zero-order valence-electron chi connectivity index (χ0n) is 17.8. The van der Waals surface area contributed by atoms with Crippen LogP contribution in [0.2, 0.25) is 0 Å². The van der Waals surface area contributed by atoms with Gasteiger partial charge in [0.1, 0.15) is 12.3 Å². The van der Waals surface area contributed by atoms with Crippen LogP contribution in [0.5, 0.6) is 5.75 Å². The summed E-state index contributed by atoms with van der Waals surface area (Å²) in [6.07, 6.45) is 2.43. The Morgan fingerprint density at radius 1 is 1.19 bits per heavy atom. The average Bonchev–Trinajstić information content (AvgIpc) is 3.31. The van der Waals surface area contributed by atoms with Gasteiger partial charge in [0.15, 0.2) is 0 Å². The second-order valence-electron chi connectivity index (χ2n) is 7.78.